The van der Waals surface area contributed by atoms with E-state index >= 15 is 0 Å². The Hall–Kier alpha value is -6.19. The Labute approximate surface area is 327 Å². The Bertz CT molecular complexity index is 2100. The van der Waals surface area contributed by atoms with Gasteiger partial charge in [0, 0.05) is 11.3 Å². The van der Waals surface area contributed by atoms with Gasteiger partial charge in [-0.3, -0.25) is 19.3 Å². The molecule has 0 unspecified atom stereocenters. The van der Waals surface area contributed by atoms with Gasteiger partial charge in [0.15, 0.2) is 16.7 Å². The molecule has 55 heavy (non-hydrogen) atoms. The van der Waals surface area contributed by atoms with Gasteiger partial charge < -0.3 is 14.8 Å². The predicted molar refractivity (Wildman–Crippen MR) is 223 cm³/mol. The number of carbonyl (C=O) groups is 3. The number of nitrogens with one attached hydrogen (secondary N) is 1. The number of nitrogens with zero attached hydrogens (tertiary/aromatic N) is 2. The van der Waals surface area contributed by atoms with Gasteiger partial charge in [0.1, 0.15) is 12.2 Å². The van der Waals surface area contributed by atoms with Crippen LogP contribution in [-0.4, -0.2) is 40.1 Å². The molecule has 280 valence electrons. The molecule has 5 rings (SSSR count). The number of amidine groups is 1. The highest BCUT2D eigenvalue weighted by Gasteiger charge is 2.35. The van der Waals surface area contributed by atoms with E-state index in [-0.39, 0.29) is 22.4 Å². The molecule has 1 aliphatic heterocycles. The molecule has 4 aromatic rings. The number of thioether (sulfide) groups is 1. The lowest BCUT2D eigenvalue weighted by Crippen LogP contribution is -2.42. The van der Waals surface area contributed by atoms with Crippen molar-refractivity contribution < 1.29 is 23.9 Å². The monoisotopic (exact) mass is 751 g/mol. The highest BCUT2D eigenvalue weighted by atomic mass is 32.2. The van der Waals surface area contributed by atoms with E-state index in [2.05, 4.69) is 23.5 Å². The molecule has 0 aliphatic carbocycles. The third kappa shape index (κ3) is 10.5. The summed E-state index contributed by atoms with van der Waals surface area (Å²) in [6, 6.07) is 30.7. The molecule has 0 aromatic heterocycles. The average Bonchev–Trinajstić information content (AvgIpc) is 3.20. The van der Waals surface area contributed by atoms with Gasteiger partial charge in [0.25, 0.3) is 11.8 Å². The number of allylic oxidation sites excluding steroid dienone is 5. The van der Waals surface area contributed by atoms with Crippen LogP contribution < -0.4 is 14.8 Å². The fourth-order valence-corrected chi connectivity index (χ4v) is 6.71. The van der Waals surface area contributed by atoms with Crippen molar-refractivity contribution in [2.24, 2.45) is 4.99 Å². The second-order valence-electron chi connectivity index (χ2n) is 12.5. The summed E-state index contributed by atoms with van der Waals surface area (Å²) in [5.41, 5.74) is 5.66. The van der Waals surface area contributed by atoms with Gasteiger partial charge in [-0.15, -0.1) is 6.58 Å². The summed E-state index contributed by atoms with van der Waals surface area (Å²) in [5, 5.41) is 3.20. The van der Waals surface area contributed by atoms with Gasteiger partial charge in [-0.05, 0) is 73.7 Å². The molecular weight excluding hydrogens is 707 g/mol. The first-order valence-electron chi connectivity index (χ1n) is 18.0. The fourth-order valence-electron chi connectivity index (χ4n) is 5.90. The lowest BCUT2D eigenvalue weighted by molar-refractivity contribution is -0.126. The predicted octanol–water partition coefficient (Wildman–Crippen LogP) is 9.09. The number of ether oxygens (including phenoxy) is 2. The minimum atomic E-state index is -0.721. The number of rotatable bonds is 16. The number of hydrogen-bond donors (Lipinski definition) is 1. The van der Waals surface area contributed by atoms with E-state index in [0.717, 1.165) is 39.6 Å². The van der Waals surface area contributed by atoms with Gasteiger partial charge in [0.2, 0.25) is 5.91 Å². The van der Waals surface area contributed by atoms with E-state index in [9.17, 15) is 14.4 Å². The standard InChI is InChI=1S/C46H45N3O5S/c1-6-10-22-38(8-3)49-45(52)39(28-34-27-37(17-7-2)43(40(29-34)53-9-4)54-30-33-25-23-32(5)24-26-33)44(51)48-46(49)55-31-41(50)47-42(35-18-13-11-14-19-35)36-20-15-12-16-21-36/h6-8,10-16,18-29,42H,1-2,9,17,30-31H2,3-5H3,(H,47,50)/b22-10-,38-8+,39-28+. The van der Waals surface area contributed by atoms with Gasteiger partial charge in [0.05, 0.1) is 18.4 Å². The van der Waals surface area contributed by atoms with Crippen LogP contribution in [0.5, 0.6) is 11.5 Å². The maximum atomic E-state index is 14.3. The Morgan fingerprint density at radius 2 is 1.62 bits per heavy atom. The SMILES string of the molecule is C=C/C=C\C(=C/C)N1C(=O)/C(=C/c2cc(CC=C)c(OCc3ccc(C)cc3)c(OCC)c2)C(=O)N=C1SCC(=O)NC(c1ccccc1)c1ccccc1. The molecule has 0 bridgehead atoms. The molecule has 0 spiro atoms. The average molecular weight is 752 g/mol. The normalized spacial score (nSPS) is 14.0. The quantitative estimate of drug-likeness (QED) is 0.0531. The fraction of sp³-hybridized carbons (Fsp3) is 0.174. The minimum absolute atomic E-state index is 0.0855. The highest BCUT2D eigenvalue weighted by molar-refractivity contribution is 8.14. The van der Waals surface area contributed by atoms with E-state index in [1.807, 2.05) is 105 Å². The number of aryl methyl sites for hydroxylation is 1. The minimum Gasteiger partial charge on any atom is -0.490 e. The van der Waals surface area contributed by atoms with Crippen LogP contribution in [0.1, 0.15) is 53.3 Å². The molecule has 4 aromatic carbocycles. The van der Waals surface area contributed by atoms with Gasteiger partial charge in [-0.2, -0.15) is 4.99 Å². The van der Waals surface area contributed by atoms with Crippen molar-refractivity contribution in [2.45, 2.75) is 39.8 Å². The van der Waals surface area contributed by atoms with E-state index in [1.165, 1.54) is 11.0 Å². The summed E-state index contributed by atoms with van der Waals surface area (Å²) in [6.45, 7) is 14.1. The van der Waals surface area contributed by atoms with E-state index in [0.29, 0.717) is 42.4 Å². The second kappa shape index (κ2) is 19.8. The molecule has 9 heteroatoms. The lowest BCUT2D eigenvalue weighted by atomic mass is 9.99. The van der Waals surface area contributed by atoms with E-state index in [1.54, 1.807) is 43.4 Å². The third-order valence-corrected chi connectivity index (χ3v) is 9.48. The van der Waals surface area contributed by atoms with Crippen LogP contribution >= 0.6 is 11.8 Å². The topological polar surface area (TPSA) is 97.3 Å². The van der Waals surface area contributed by atoms with Crippen LogP contribution in [0.3, 0.4) is 0 Å². The highest BCUT2D eigenvalue weighted by Crippen LogP contribution is 2.36. The largest absolute Gasteiger partial charge is 0.490 e. The summed E-state index contributed by atoms with van der Waals surface area (Å²) in [6.07, 6.45) is 10.4. The lowest BCUT2D eigenvalue weighted by Gasteiger charge is -2.28. The number of aliphatic imine (C=N–C) groups is 1. The van der Waals surface area contributed by atoms with Crippen LogP contribution in [0, 0.1) is 6.92 Å². The van der Waals surface area contributed by atoms with Crippen molar-refractivity contribution in [3.63, 3.8) is 0 Å². The number of amides is 3. The van der Waals surface area contributed by atoms with Crippen LogP contribution in [0.25, 0.3) is 6.08 Å². The molecule has 0 radical (unpaired) electrons. The first-order valence-corrected chi connectivity index (χ1v) is 19.0. The zero-order valence-corrected chi connectivity index (χ0v) is 32.2. The van der Waals surface area contributed by atoms with Crippen molar-refractivity contribution in [2.75, 3.05) is 12.4 Å². The first kappa shape index (κ1) is 40.0. The molecule has 0 atom stereocenters. The Morgan fingerprint density at radius 1 is 0.945 bits per heavy atom. The molecule has 1 heterocycles. The molecule has 0 saturated heterocycles. The second-order valence-corrected chi connectivity index (χ2v) is 13.5. The van der Waals surface area contributed by atoms with Crippen LogP contribution in [-0.2, 0) is 27.4 Å². The summed E-state index contributed by atoms with van der Waals surface area (Å²) < 4.78 is 12.3. The molecule has 1 aliphatic rings. The maximum Gasteiger partial charge on any atom is 0.285 e. The van der Waals surface area contributed by atoms with Crippen molar-refractivity contribution in [3.8, 4) is 11.5 Å². The Morgan fingerprint density at radius 3 is 2.22 bits per heavy atom. The molecule has 1 N–H and O–H groups in total. The van der Waals surface area contributed by atoms with E-state index < -0.39 is 17.9 Å². The number of hydrogen-bond acceptors (Lipinski definition) is 6. The number of carbonyl (C=O) groups excluding carboxylic acids is 3. The molecule has 8 nitrogen and oxygen atoms in total. The summed E-state index contributed by atoms with van der Waals surface area (Å²) in [7, 11) is 0. The molecule has 0 saturated carbocycles. The summed E-state index contributed by atoms with van der Waals surface area (Å²) in [4.78, 5) is 47.3. The summed E-state index contributed by atoms with van der Waals surface area (Å²) in [5.74, 6) is -0.653. The van der Waals surface area contributed by atoms with Crippen molar-refractivity contribution in [3.05, 3.63) is 185 Å². The van der Waals surface area contributed by atoms with Crippen LogP contribution in [0.4, 0.5) is 0 Å². The first-order chi connectivity index (χ1) is 26.8. The molecule has 3 amide bonds. The van der Waals surface area contributed by atoms with Gasteiger partial charge in [-0.1, -0.05) is 133 Å². The van der Waals surface area contributed by atoms with Crippen molar-refractivity contribution in [1.29, 1.82) is 0 Å². The third-order valence-electron chi connectivity index (χ3n) is 8.55. The van der Waals surface area contributed by atoms with Crippen molar-refractivity contribution in [1.82, 2.24) is 10.2 Å². The van der Waals surface area contributed by atoms with Crippen LogP contribution in [0.2, 0.25) is 0 Å². The molecular formula is C46H45N3O5S. The van der Waals surface area contributed by atoms with E-state index in [4.69, 9.17) is 9.47 Å². The van der Waals surface area contributed by atoms with Crippen LogP contribution in [0.15, 0.2) is 157 Å². The zero-order valence-electron chi connectivity index (χ0n) is 31.4. The maximum absolute atomic E-state index is 14.3. The van der Waals surface area contributed by atoms with Gasteiger partial charge >= 0.3 is 0 Å². The van der Waals surface area contributed by atoms with Crippen molar-refractivity contribution >= 4 is 40.7 Å². The summed E-state index contributed by atoms with van der Waals surface area (Å²) >= 11 is 1.01. The molecule has 0 fully saturated rings. The number of benzene rings is 4. The smallest absolute Gasteiger partial charge is 0.285 e. The Balaban J connectivity index is 1.45. The van der Waals surface area contributed by atoms with Gasteiger partial charge in [-0.25, -0.2) is 0 Å². The zero-order chi connectivity index (χ0) is 39.2. The Kier molecular flexibility index (Phi) is 14.4.